The van der Waals surface area contributed by atoms with Gasteiger partial charge in [-0.25, -0.2) is 0 Å². The third-order valence-electron chi connectivity index (χ3n) is 3.62. The molecule has 1 atom stereocenters. The Hall–Kier alpha value is -1.83. The van der Waals surface area contributed by atoms with Crippen molar-refractivity contribution in [3.8, 4) is 11.8 Å². The first kappa shape index (κ1) is 14.6. The van der Waals surface area contributed by atoms with Gasteiger partial charge >= 0.3 is 0 Å². The fourth-order valence-electron chi connectivity index (χ4n) is 2.53. The zero-order chi connectivity index (χ0) is 14.5. The van der Waals surface area contributed by atoms with Gasteiger partial charge in [0, 0.05) is 17.7 Å². The van der Waals surface area contributed by atoms with Crippen LogP contribution in [0.15, 0.2) is 18.2 Å². The van der Waals surface area contributed by atoms with Gasteiger partial charge in [0.25, 0.3) is 5.91 Å². The highest BCUT2D eigenvalue weighted by atomic mass is 16.3. The fourth-order valence-corrected chi connectivity index (χ4v) is 2.53. The van der Waals surface area contributed by atoms with Crippen molar-refractivity contribution in [2.24, 2.45) is 0 Å². The van der Waals surface area contributed by atoms with E-state index in [9.17, 15) is 9.90 Å². The first-order chi connectivity index (χ1) is 9.67. The predicted octanol–water partition coefficient (Wildman–Crippen LogP) is 0.936. The van der Waals surface area contributed by atoms with Gasteiger partial charge in [-0.15, -0.1) is 0 Å². The summed E-state index contributed by atoms with van der Waals surface area (Å²) in [6, 6.07) is 5.31. The Balaban J connectivity index is 2.21. The molecule has 1 amide bonds. The highest BCUT2D eigenvalue weighted by Gasteiger charge is 2.28. The van der Waals surface area contributed by atoms with Gasteiger partial charge in [-0.3, -0.25) is 4.79 Å². The maximum absolute atomic E-state index is 12.4. The maximum atomic E-state index is 12.4. The molecule has 106 valence electrons. The Morgan fingerprint density at radius 1 is 1.45 bits per heavy atom. The van der Waals surface area contributed by atoms with E-state index in [0.29, 0.717) is 12.1 Å². The quantitative estimate of drug-likeness (QED) is 0.788. The number of nitrogens with zero attached hydrogens (tertiary/aromatic N) is 1. The first-order valence-corrected chi connectivity index (χ1v) is 6.79. The number of aliphatic hydroxyl groups is 2. The summed E-state index contributed by atoms with van der Waals surface area (Å²) in [7, 11) is 0. The van der Waals surface area contributed by atoms with E-state index in [0.717, 1.165) is 24.0 Å². The molecule has 0 saturated carbocycles. The zero-order valence-corrected chi connectivity index (χ0v) is 11.6. The van der Waals surface area contributed by atoms with E-state index in [2.05, 4.69) is 11.8 Å². The summed E-state index contributed by atoms with van der Waals surface area (Å²) in [5.41, 5.74) is 2.35. The molecular formula is C16H19NO3. The summed E-state index contributed by atoms with van der Waals surface area (Å²) < 4.78 is 0. The Morgan fingerprint density at radius 2 is 2.25 bits per heavy atom. The van der Waals surface area contributed by atoms with E-state index >= 15 is 0 Å². The van der Waals surface area contributed by atoms with Gasteiger partial charge in [0.2, 0.25) is 0 Å². The Bertz CT molecular complexity index is 557. The molecule has 1 heterocycles. The minimum Gasteiger partial charge on any atom is -0.394 e. The van der Waals surface area contributed by atoms with Gasteiger partial charge in [-0.2, -0.15) is 0 Å². The van der Waals surface area contributed by atoms with E-state index in [1.165, 1.54) is 0 Å². The van der Waals surface area contributed by atoms with Gasteiger partial charge in [-0.05, 0) is 43.5 Å². The number of hydrogen-bond acceptors (Lipinski definition) is 3. The van der Waals surface area contributed by atoms with Crippen LogP contribution in [-0.2, 0) is 0 Å². The zero-order valence-electron chi connectivity index (χ0n) is 11.6. The Labute approximate surface area is 119 Å². The fraction of sp³-hybridized carbons (Fsp3) is 0.438. The molecule has 2 rings (SSSR count). The van der Waals surface area contributed by atoms with Crippen LogP contribution in [0.1, 0.15) is 34.3 Å². The molecule has 0 radical (unpaired) electrons. The molecule has 1 fully saturated rings. The van der Waals surface area contributed by atoms with Crippen LogP contribution >= 0.6 is 0 Å². The number of aryl methyl sites for hydroxylation is 1. The summed E-state index contributed by atoms with van der Waals surface area (Å²) in [6.45, 7) is 2.44. The van der Waals surface area contributed by atoms with Crippen molar-refractivity contribution in [2.45, 2.75) is 25.8 Å². The second-order valence-corrected chi connectivity index (χ2v) is 4.97. The smallest absolute Gasteiger partial charge is 0.254 e. The van der Waals surface area contributed by atoms with Crippen LogP contribution in [0.5, 0.6) is 0 Å². The number of carbonyl (C=O) groups is 1. The van der Waals surface area contributed by atoms with Gasteiger partial charge < -0.3 is 15.1 Å². The van der Waals surface area contributed by atoms with Gasteiger partial charge in [-0.1, -0.05) is 11.8 Å². The lowest BCUT2D eigenvalue weighted by atomic mass is 10.0. The second kappa shape index (κ2) is 6.56. The van der Waals surface area contributed by atoms with Crippen molar-refractivity contribution >= 4 is 5.91 Å². The summed E-state index contributed by atoms with van der Waals surface area (Å²) in [6.07, 6.45) is 1.80. The number of hydrogen-bond donors (Lipinski definition) is 2. The van der Waals surface area contributed by atoms with E-state index in [4.69, 9.17) is 5.11 Å². The Morgan fingerprint density at radius 3 is 2.90 bits per heavy atom. The molecule has 20 heavy (non-hydrogen) atoms. The maximum Gasteiger partial charge on any atom is 0.254 e. The lowest BCUT2D eigenvalue weighted by Gasteiger charge is -2.23. The van der Waals surface area contributed by atoms with Crippen LogP contribution in [0.3, 0.4) is 0 Å². The highest BCUT2D eigenvalue weighted by molar-refractivity contribution is 5.95. The van der Waals surface area contributed by atoms with Crippen molar-refractivity contribution in [3.05, 3.63) is 34.9 Å². The second-order valence-electron chi connectivity index (χ2n) is 4.97. The Kier molecular flexibility index (Phi) is 4.78. The summed E-state index contributed by atoms with van der Waals surface area (Å²) in [5, 5.41) is 18.0. The van der Waals surface area contributed by atoms with Crippen molar-refractivity contribution in [3.63, 3.8) is 0 Å². The molecule has 2 N–H and O–H groups in total. The van der Waals surface area contributed by atoms with Crippen LogP contribution in [0, 0.1) is 18.8 Å². The van der Waals surface area contributed by atoms with Crippen molar-refractivity contribution in [1.29, 1.82) is 0 Å². The molecule has 1 aromatic rings. The molecular weight excluding hydrogens is 254 g/mol. The van der Waals surface area contributed by atoms with Crippen LogP contribution in [-0.4, -0.2) is 46.8 Å². The molecule has 1 aliphatic heterocycles. The molecule has 0 spiro atoms. The first-order valence-electron chi connectivity index (χ1n) is 6.79. The minimum atomic E-state index is -0.175. The molecule has 1 saturated heterocycles. The lowest BCUT2D eigenvalue weighted by molar-refractivity contribution is 0.0677. The number of likely N-dealkylation sites (tertiary alicyclic amines) is 1. The van der Waals surface area contributed by atoms with E-state index < -0.39 is 0 Å². The van der Waals surface area contributed by atoms with Crippen molar-refractivity contribution in [1.82, 2.24) is 4.90 Å². The van der Waals surface area contributed by atoms with E-state index in [1.807, 2.05) is 13.0 Å². The molecule has 0 aliphatic carbocycles. The predicted molar refractivity (Wildman–Crippen MR) is 76.3 cm³/mol. The largest absolute Gasteiger partial charge is 0.394 e. The summed E-state index contributed by atoms with van der Waals surface area (Å²) in [5.74, 6) is 5.42. The molecule has 4 heteroatoms. The standard InChI is InChI=1S/C16H19NO3/c1-12-10-14(7-6-13(12)4-3-9-18)16(20)17-8-2-5-15(17)11-19/h6-7,10,15,18-19H,2,5,8-9,11H2,1H3. The average molecular weight is 273 g/mol. The average Bonchev–Trinajstić information content (AvgIpc) is 2.93. The van der Waals surface area contributed by atoms with Gasteiger partial charge in [0.15, 0.2) is 0 Å². The molecule has 0 bridgehead atoms. The number of carbonyl (C=O) groups excluding carboxylic acids is 1. The van der Waals surface area contributed by atoms with Crippen LogP contribution < -0.4 is 0 Å². The molecule has 1 unspecified atom stereocenters. The summed E-state index contributed by atoms with van der Waals surface area (Å²) >= 11 is 0. The van der Waals surface area contributed by atoms with Crippen molar-refractivity contribution < 1.29 is 15.0 Å². The van der Waals surface area contributed by atoms with Gasteiger partial charge in [0.1, 0.15) is 6.61 Å². The summed E-state index contributed by atoms with van der Waals surface area (Å²) in [4.78, 5) is 14.2. The normalized spacial score (nSPS) is 17.8. The van der Waals surface area contributed by atoms with E-state index in [1.54, 1.807) is 17.0 Å². The number of rotatable bonds is 2. The minimum absolute atomic E-state index is 0.0186. The van der Waals surface area contributed by atoms with Crippen molar-refractivity contribution in [2.75, 3.05) is 19.8 Å². The molecule has 0 aromatic heterocycles. The third kappa shape index (κ3) is 3.01. The molecule has 4 nitrogen and oxygen atoms in total. The molecule has 1 aliphatic rings. The number of benzene rings is 1. The van der Waals surface area contributed by atoms with E-state index in [-0.39, 0.29) is 25.2 Å². The van der Waals surface area contributed by atoms with Crippen LogP contribution in [0.2, 0.25) is 0 Å². The number of aliphatic hydroxyl groups excluding tert-OH is 2. The highest BCUT2D eigenvalue weighted by Crippen LogP contribution is 2.20. The monoisotopic (exact) mass is 273 g/mol. The lowest BCUT2D eigenvalue weighted by Crippen LogP contribution is -2.37. The third-order valence-corrected chi connectivity index (χ3v) is 3.62. The topological polar surface area (TPSA) is 60.8 Å². The number of amides is 1. The van der Waals surface area contributed by atoms with Gasteiger partial charge in [0.05, 0.1) is 12.6 Å². The van der Waals surface area contributed by atoms with Crippen LogP contribution in [0.25, 0.3) is 0 Å². The SMILES string of the molecule is Cc1cc(C(=O)N2CCCC2CO)ccc1C#CCO. The molecule has 1 aromatic carbocycles. The van der Waals surface area contributed by atoms with Crippen LogP contribution in [0.4, 0.5) is 0 Å².